The molecule has 0 spiro atoms. The zero-order valence-electron chi connectivity index (χ0n) is 15.6. The average molecular weight is 460 g/mol. The van der Waals surface area contributed by atoms with Gasteiger partial charge >= 0.3 is 0 Å². The number of rotatable bonds is 5. The Hall–Kier alpha value is -1.96. The van der Waals surface area contributed by atoms with E-state index in [2.05, 4.69) is 51.0 Å². The van der Waals surface area contributed by atoms with Gasteiger partial charge in [-0.05, 0) is 67.4 Å². The third kappa shape index (κ3) is 4.21. The summed E-state index contributed by atoms with van der Waals surface area (Å²) in [5.74, 6) is -0.00890. The highest BCUT2D eigenvalue weighted by Gasteiger charge is 2.24. The summed E-state index contributed by atoms with van der Waals surface area (Å²) in [6.07, 6.45) is 2.13. The van der Waals surface area contributed by atoms with Gasteiger partial charge in [-0.2, -0.15) is 0 Å². The van der Waals surface area contributed by atoms with Gasteiger partial charge in [-0.15, -0.1) is 0 Å². The maximum atomic E-state index is 13.4. The number of hydrogen-bond acceptors (Lipinski definition) is 3. The normalized spacial score (nSPS) is 16.6. The first-order valence-electron chi connectivity index (χ1n) is 9.37. The summed E-state index contributed by atoms with van der Waals surface area (Å²) in [4.78, 5) is 21.4. The van der Waals surface area contributed by atoms with Crippen molar-refractivity contribution in [1.29, 1.82) is 0 Å². The van der Waals surface area contributed by atoms with E-state index in [1.807, 2.05) is 23.1 Å². The Labute approximate surface area is 177 Å². The number of carbonyl (C=O) groups is 1. The van der Waals surface area contributed by atoms with Crippen molar-refractivity contribution in [2.75, 3.05) is 13.2 Å². The van der Waals surface area contributed by atoms with Crippen LogP contribution in [0.5, 0.6) is 0 Å². The minimum absolute atomic E-state index is 0.00890. The molecule has 3 aromatic rings. The molecule has 4 rings (SSSR count). The lowest BCUT2D eigenvalue weighted by Crippen LogP contribution is -2.37. The fourth-order valence-corrected chi connectivity index (χ4v) is 4.43. The van der Waals surface area contributed by atoms with E-state index in [1.165, 1.54) is 5.56 Å². The van der Waals surface area contributed by atoms with Crippen molar-refractivity contribution in [1.82, 2.24) is 14.9 Å². The lowest BCUT2D eigenvalue weighted by atomic mass is 10.1. The second kappa shape index (κ2) is 8.19. The predicted octanol–water partition coefficient (Wildman–Crippen LogP) is 5.12. The molecule has 0 aliphatic carbocycles. The molecule has 5 nitrogen and oxygen atoms in total. The third-order valence-corrected chi connectivity index (χ3v) is 6.01. The van der Waals surface area contributed by atoms with Gasteiger partial charge in [0.15, 0.2) is 4.77 Å². The fourth-order valence-electron chi connectivity index (χ4n) is 3.59. The number of aromatic amines is 2. The number of nitrogens with one attached hydrogen (secondary N) is 2. The van der Waals surface area contributed by atoms with Crippen molar-refractivity contribution in [3.05, 3.63) is 62.3 Å². The van der Waals surface area contributed by atoms with Gasteiger partial charge in [0.05, 0.1) is 17.1 Å². The van der Waals surface area contributed by atoms with Gasteiger partial charge in [0, 0.05) is 29.7 Å². The van der Waals surface area contributed by atoms with Crippen LogP contribution in [0.3, 0.4) is 0 Å². The van der Waals surface area contributed by atoms with Crippen molar-refractivity contribution in [2.45, 2.75) is 32.4 Å². The zero-order chi connectivity index (χ0) is 19.7. The Balaban J connectivity index is 1.63. The summed E-state index contributed by atoms with van der Waals surface area (Å²) in [7, 11) is 0. The molecule has 0 radical (unpaired) electrons. The number of aromatic nitrogens is 2. The number of H-pyrrole nitrogens is 2. The van der Waals surface area contributed by atoms with Gasteiger partial charge in [0.25, 0.3) is 5.91 Å². The summed E-state index contributed by atoms with van der Waals surface area (Å²) in [6, 6.07) is 11.8. The van der Waals surface area contributed by atoms with E-state index in [4.69, 9.17) is 17.0 Å². The molecule has 7 heteroatoms. The Bertz CT molecular complexity index is 1070. The van der Waals surface area contributed by atoms with Crippen LogP contribution >= 0.6 is 28.1 Å². The predicted molar refractivity (Wildman–Crippen MR) is 116 cm³/mol. The van der Waals surface area contributed by atoms with Gasteiger partial charge in [0.1, 0.15) is 0 Å². The highest BCUT2D eigenvalue weighted by Crippen LogP contribution is 2.23. The fraction of sp³-hybridized carbons (Fsp3) is 0.333. The maximum Gasteiger partial charge on any atom is 0.254 e. The average Bonchev–Trinajstić information content (AvgIpc) is 3.30. The number of nitrogens with zero attached hydrogens (tertiary/aromatic N) is 1. The molecule has 2 N–H and O–H groups in total. The molecular weight excluding hydrogens is 438 g/mol. The van der Waals surface area contributed by atoms with Crippen LogP contribution in [-0.2, 0) is 11.3 Å². The monoisotopic (exact) mass is 459 g/mol. The van der Waals surface area contributed by atoms with E-state index >= 15 is 0 Å². The molecule has 28 heavy (non-hydrogen) atoms. The van der Waals surface area contributed by atoms with Crippen LogP contribution in [0.2, 0.25) is 0 Å². The molecule has 1 aromatic heterocycles. The van der Waals surface area contributed by atoms with Crippen molar-refractivity contribution in [3.8, 4) is 0 Å². The van der Waals surface area contributed by atoms with Crippen LogP contribution in [0, 0.1) is 11.7 Å². The van der Waals surface area contributed by atoms with Crippen LogP contribution in [0.25, 0.3) is 11.0 Å². The van der Waals surface area contributed by atoms with E-state index in [0.29, 0.717) is 23.4 Å². The highest BCUT2D eigenvalue weighted by molar-refractivity contribution is 9.10. The van der Waals surface area contributed by atoms with E-state index in [9.17, 15) is 4.79 Å². The quantitative estimate of drug-likeness (QED) is 0.520. The molecule has 1 fully saturated rings. The Morgan fingerprint density at radius 3 is 2.82 bits per heavy atom. The van der Waals surface area contributed by atoms with Crippen LogP contribution < -0.4 is 0 Å². The Morgan fingerprint density at radius 2 is 2.07 bits per heavy atom. The van der Waals surface area contributed by atoms with Gasteiger partial charge in [-0.25, -0.2) is 0 Å². The Morgan fingerprint density at radius 1 is 1.25 bits per heavy atom. The largest absolute Gasteiger partial charge is 0.376 e. The summed E-state index contributed by atoms with van der Waals surface area (Å²) in [5.41, 5.74) is 4.64. The first-order valence-corrected chi connectivity index (χ1v) is 10.6. The number of carbonyl (C=O) groups excluding carboxylic acids is 1. The van der Waals surface area contributed by atoms with Crippen molar-refractivity contribution < 1.29 is 9.53 Å². The van der Waals surface area contributed by atoms with Gasteiger partial charge in [-0.1, -0.05) is 28.1 Å². The number of aryl methyl sites for hydroxylation is 1. The van der Waals surface area contributed by atoms with Gasteiger partial charge in [-0.3, -0.25) is 4.79 Å². The molecule has 1 atom stereocenters. The van der Waals surface area contributed by atoms with Crippen molar-refractivity contribution in [3.63, 3.8) is 0 Å². The van der Waals surface area contributed by atoms with E-state index < -0.39 is 0 Å². The Kier molecular flexibility index (Phi) is 5.66. The van der Waals surface area contributed by atoms with E-state index in [-0.39, 0.29) is 12.0 Å². The number of ether oxygens (including phenoxy) is 1. The van der Waals surface area contributed by atoms with Gasteiger partial charge in [0.2, 0.25) is 0 Å². The van der Waals surface area contributed by atoms with Crippen LogP contribution in [-0.4, -0.2) is 40.0 Å². The summed E-state index contributed by atoms with van der Waals surface area (Å²) < 4.78 is 7.37. The lowest BCUT2D eigenvalue weighted by Gasteiger charge is -2.26. The standard InChI is InChI=1S/C21H22BrN3O2S/c1-13-4-5-15(17(22)9-13)11-25(12-16-3-2-8-27-16)20(26)14-6-7-18-19(10-14)24-21(28)23-18/h4-7,9-10,16H,2-3,8,11-12H2,1H3,(H2,23,24,28). The topological polar surface area (TPSA) is 61.1 Å². The third-order valence-electron chi connectivity index (χ3n) is 5.07. The molecule has 146 valence electrons. The molecule has 0 bridgehead atoms. The van der Waals surface area contributed by atoms with E-state index in [1.54, 1.807) is 0 Å². The summed E-state index contributed by atoms with van der Waals surface area (Å²) in [6.45, 7) is 3.94. The minimum Gasteiger partial charge on any atom is -0.376 e. The molecule has 2 aromatic carbocycles. The first kappa shape index (κ1) is 19.4. The second-order valence-corrected chi connectivity index (χ2v) is 8.52. The molecule has 2 heterocycles. The molecule has 1 aliphatic rings. The lowest BCUT2D eigenvalue weighted by molar-refractivity contribution is 0.0507. The SMILES string of the molecule is Cc1ccc(CN(CC2CCCO2)C(=O)c2ccc3[nH]c(=S)[nH]c3c2)c(Br)c1. The summed E-state index contributed by atoms with van der Waals surface area (Å²) in [5, 5.41) is 0. The summed E-state index contributed by atoms with van der Waals surface area (Å²) >= 11 is 8.79. The van der Waals surface area contributed by atoms with Crippen LogP contribution in [0.1, 0.15) is 34.3 Å². The molecule has 1 aliphatic heterocycles. The number of benzene rings is 2. The molecule has 1 unspecified atom stereocenters. The van der Waals surface area contributed by atoms with Crippen LogP contribution in [0.15, 0.2) is 40.9 Å². The van der Waals surface area contributed by atoms with Crippen molar-refractivity contribution >= 4 is 45.1 Å². The second-order valence-electron chi connectivity index (χ2n) is 7.26. The maximum absolute atomic E-state index is 13.4. The number of fused-ring (bicyclic) bond motifs is 1. The molecular formula is C21H22BrN3O2S. The molecule has 1 amide bonds. The first-order chi connectivity index (χ1) is 13.5. The minimum atomic E-state index is -0.00890. The smallest absolute Gasteiger partial charge is 0.254 e. The number of halogens is 1. The number of hydrogen-bond donors (Lipinski definition) is 2. The number of amides is 1. The van der Waals surface area contributed by atoms with Crippen molar-refractivity contribution in [2.24, 2.45) is 0 Å². The molecule has 1 saturated heterocycles. The van der Waals surface area contributed by atoms with Crippen LogP contribution in [0.4, 0.5) is 0 Å². The highest BCUT2D eigenvalue weighted by atomic mass is 79.9. The number of imidazole rings is 1. The van der Waals surface area contributed by atoms with E-state index in [0.717, 1.165) is 40.5 Å². The molecule has 0 saturated carbocycles. The van der Waals surface area contributed by atoms with Gasteiger partial charge < -0.3 is 19.6 Å². The zero-order valence-corrected chi connectivity index (χ0v) is 18.0.